The Balaban J connectivity index is 2.05. The molecule has 0 spiro atoms. The highest BCUT2D eigenvalue weighted by atomic mass is 16.1. The van der Waals surface area contributed by atoms with Crippen LogP contribution in [0.25, 0.3) is 11.0 Å². The topological polar surface area (TPSA) is 46.9 Å². The zero-order chi connectivity index (χ0) is 13.2. The third-order valence-corrected chi connectivity index (χ3v) is 3.83. The van der Waals surface area contributed by atoms with Crippen molar-refractivity contribution in [3.8, 4) is 0 Å². The summed E-state index contributed by atoms with van der Waals surface area (Å²) in [6.45, 7) is 3.59. The predicted octanol–water partition coefficient (Wildman–Crippen LogP) is 1.85. The van der Waals surface area contributed by atoms with Gasteiger partial charge in [-0.3, -0.25) is 4.79 Å². The smallest absolute Gasteiger partial charge is 0.272 e. The standard InChI is InChI=1S/C15H19N3O/c1-11-15(19)18(10-12-6-4-5-9-16-12)14-8-3-2-7-13(14)17-11/h2-3,7-8,12,16H,4-6,9-10H2,1H3. The number of fused-ring (bicyclic) bond motifs is 1. The second-order valence-electron chi connectivity index (χ2n) is 5.25. The fourth-order valence-corrected chi connectivity index (χ4v) is 2.80. The zero-order valence-electron chi connectivity index (χ0n) is 11.2. The molecule has 2 heterocycles. The van der Waals surface area contributed by atoms with E-state index in [4.69, 9.17) is 0 Å². The average Bonchev–Trinajstić information content (AvgIpc) is 2.45. The molecule has 1 saturated heterocycles. The summed E-state index contributed by atoms with van der Waals surface area (Å²) in [5.74, 6) is 0. The number of para-hydroxylation sites is 2. The molecule has 1 unspecified atom stereocenters. The van der Waals surface area contributed by atoms with Crippen molar-refractivity contribution >= 4 is 11.0 Å². The molecule has 1 aliphatic rings. The first-order valence-corrected chi connectivity index (χ1v) is 6.95. The second kappa shape index (κ2) is 5.13. The van der Waals surface area contributed by atoms with Crippen molar-refractivity contribution in [2.45, 2.75) is 38.8 Å². The molecule has 0 amide bonds. The van der Waals surface area contributed by atoms with Crippen LogP contribution in [0.15, 0.2) is 29.1 Å². The van der Waals surface area contributed by atoms with Gasteiger partial charge in [0.15, 0.2) is 0 Å². The lowest BCUT2D eigenvalue weighted by Gasteiger charge is -2.25. The Bertz CT molecular complexity index is 641. The van der Waals surface area contributed by atoms with E-state index in [-0.39, 0.29) is 5.56 Å². The van der Waals surface area contributed by atoms with Crippen molar-refractivity contribution in [3.63, 3.8) is 0 Å². The van der Waals surface area contributed by atoms with Gasteiger partial charge in [-0.2, -0.15) is 0 Å². The maximum Gasteiger partial charge on any atom is 0.272 e. The van der Waals surface area contributed by atoms with E-state index >= 15 is 0 Å². The SMILES string of the molecule is Cc1nc2ccccc2n(CC2CCCCN2)c1=O. The number of piperidine rings is 1. The summed E-state index contributed by atoms with van der Waals surface area (Å²) in [7, 11) is 0. The molecule has 1 fully saturated rings. The number of rotatable bonds is 2. The van der Waals surface area contributed by atoms with E-state index in [9.17, 15) is 4.79 Å². The van der Waals surface area contributed by atoms with Gasteiger partial charge in [0, 0.05) is 12.6 Å². The van der Waals surface area contributed by atoms with Crippen molar-refractivity contribution in [1.82, 2.24) is 14.9 Å². The van der Waals surface area contributed by atoms with E-state index < -0.39 is 0 Å². The summed E-state index contributed by atoms with van der Waals surface area (Å²) in [6, 6.07) is 8.27. The lowest BCUT2D eigenvalue weighted by atomic mass is 10.0. The van der Waals surface area contributed by atoms with Gasteiger partial charge in [-0.1, -0.05) is 18.6 Å². The average molecular weight is 257 g/mol. The normalized spacial score (nSPS) is 19.7. The third kappa shape index (κ3) is 2.40. The van der Waals surface area contributed by atoms with Crippen molar-refractivity contribution in [1.29, 1.82) is 0 Å². The molecule has 1 atom stereocenters. The molecule has 1 aromatic carbocycles. The van der Waals surface area contributed by atoms with Crippen LogP contribution in [-0.4, -0.2) is 22.1 Å². The van der Waals surface area contributed by atoms with Crippen LogP contribution < -0.4 is 10.9 Å². The van der Waals surface area contributed by atoms with Gasteiger partial charge in [-0.25, -0.2) is 4.98 Å². The van der Waals surface area contributed by atoms with Crippen LogP contribution in [0.2, 0.25) is 0 Å². The molecule has 19 heavy (non-hydrogen) atoms. The number of nitrogens with one attached hydrogen (secondary N) is 1. The first-order chi connectivity index (χ1) is 9.25. The summed E-state index contributed by atoms with van der Waals surface area (Å²) in [5.41, 5.74) is 2.45. The van der Waals surface area contributed by atoms with Crippen LogP contribution >= 0.6 is 0 Å². The van der Waals surface area contributed by atoms with E-state index in [1.54, 1.807) is 6.92 Å². The molecular weight excluding hydrogens is 238 g/mol. The molecule has 1 aromatic heterocycles. The monoisotopic (exact) mass is 257 g/mol. The molecular formula is C15H19N3O. The third-order valence-electron chi connectivity index (χ3n) is 3.83. The Labute approximate surface area is 112 Å². The van der Waals surface area contributed by atoms with Gasteiger partial charge in [-0.05, 0) is 38.4 Å². The molecule has 1 aliphatic heterocycles. The second-order valence-corrected chi connectivity index (χ2v) is 5.25. The Kier molecular flexibility index (Phi) is 3.34. The first kappa shape index (κ1) is 12.4. The molecule has 3 rings (SSSR count). The maximum atomic E-state index is 12.3. The summed E-state index contributed by atoms with van der Waals surface area (Å²) in [6.07, 6.45) is 3.62. The van der Waals surface area contributed by atoms with E-state index in [1.165, 1.54) is 12.8 Å². The number of benzene rings is 1. The number of aryl methyl sites for hydroxylation is 1. The summed E-state index contributed by atoms with van der Waals surface area (Å²) < 4.78 is 1.88. The van der Waals surface area contributed by atoms with E-state index in [2.05, 4.69) is 10.3 Å². The van der Waals surface area contributed by atoms with Crippen molar-refractivity contribution in [2.24, 2.45) is 0 Å². The molecule has 0 radical (unpaired) electrons. The molecule has 4 nitrogen and oxygen atoms in total. The van der Waals surface area contributed by atoms with Crippen molar-refractivity contribution in [3.05, 3.63) is 40.3 Å². The zero-order valence-corrected chi connectivity index (χ0v) is 11.2. The predicted molar refractivity (Wildman–Crippen MR) is 76.4 cm³/mol. The van der Waals surface area contributed by atoms with Crippen LogP contribution in [0.4, 0.5) is 0 Å². The van der Waals surface area contributed by atoms with Crippen LogP contribution in [0.5, 0.6) is 0 Å². The van der Waals surface area contributed by atoms with E-state index in [1.807, 2.05) is 28.8 Å². The number of nitrogens with zero attached hydrogens (tertiary/aromatic N) is 2. The van der Waals surface area contributed by atoms with Crippen LogP contribution in [0.1, 0.15) is 25.0 Å². The minimum atomic E-state index is 0.0334. The Morgan fingerprint density at radius 2 is 2.21 bits per heavy atom. The molecule has 0 saturated carbocycles. The first-order valence-electron chi connectivity index (χ1n) is 6.95. The van der Waals surface area contributed by atoms with Crippen LogP contribution in [0.3, 0.4) is 0 Å². The Morgan fingerprint density at radius 1 is 1.37 bits per heavy atom. The van der Waals surface area contributed by atoms with Gasteiger partial charge in [0.2, 0.25) is 0 Å². The summed E-state index contributed by atoms with van der Waals surface area (Å²) in [4.78, 5) is 16.7. The quantitative estimate of drug-likeness (QED) is 0.893. The summed E-state index contributed by atoms with van der Waals surface area (Å²) >= 11 is 0. The fraction of sp³-hybridized carbons (Fsp3) is 0.467. The van der Waals surface area contributed by atoms with E-state index in [0.717, 1.165) is 30.5 Å². The minimum Gasteiger partial charge on any atom is -0.312 e. The Morgan fingerprint density at radius 3 is 3.00 bits per heavy atom. The molecule has 100 valence electrons. The minimum absolute atomic E-state index is 0.0334. The molecule has 0 bridgehead atoms. The van der Waals surface area contributed by atoms with Crippen LogP contribution in [0, 0.1) is 6.92 Å². The Hall–Kier alpha value is -1.68. The highest BCUT2D eigenvalue weighted by Gasteiger charge is 2.16. The van der Waals surface area contributed by atoms with Crippen molar-refractivity contribution in [2.75, 3.05) is 6.54 Å². The van der Waals surface area contributed by atoms with Gasteiger partial charge in [-0.15, -0.1) is 0 Å². The maximum absolute atomic E-state index is 12.3. The number of aromatic nitrogens is 2. The fourth-order valence-electron chi connectivity index (χ4n) is 2.80. The highest BCUT2D eigenvalue weighted by Crippen LogP contribution is 2.13. The van der Waals surface area contributed by atoms with Gasteiger partial charge in [0.25, 0.3) is 5.56 Å². The molecule has 1 N–H and O–H groups in total. The molecule has 2 aromatic rings. The van der Waals surface area contributed by atoms with Crippen LogP contribution in [-0.2, 0) is 6.54 Å². The van der Waals surface area contributed by atoms with Gasteiger partial charge >= 0.3 is 0 Å². The summed E-state index contributed by atoms with van der Waals surface area (Å²) in [5, 5.41) is 3.50. The van der Waals surface area contributed by atoms with E-state index in [0.29, 0.717) is 11.7 Å². The number of hydrogen-bond donors (Lipinski definition) is 1. The van der Waals surface area contributed by atoms with Gasteiger partial charge in [0.1, 0.15) is 5.69 Å². The highest BCUT2D eigenvalue weighted by molar-refractivity contribution is 5.74. The largest absolute Gasteiger partial charge is 0.312 e. The lowest BCUT2D eigenvalue weighted by Crippen LogP contribution is -2.40. The van der Waals surface area contributed by atoms with Gasteiger partial charge in [0.05, 0.1) is 11.0 Å². The lowest BCUT2D eigenvalue weighted by molar-refractivity contribution is 0.363. The van der Waals surface area contributed by atoms with Crippen molar-refractivity contribution < 1.29 is 0 Å². The molecule has 4 heteroatoms. The number of hydrogen-bond acceptors (Lipinski definition) is 3. The molecule has 0 aliphatic carbocycles. The van der Waals surface area contributed by atoms with Gasteiger partial charge < -0.3 is 9.88 Å².